The van der Waals surface area contributed by atoms with E-state index in [-0.39, 0.29) is 11.5 Å². The van der Waals surface area contributed by atoms with Crippen LogP contribution in [0.25, 0.3) is 22.0 Å². The lowest BCUT2D eigenvalue weighted by Gasteiger charge is -2.12. The van der Waals surface area contributed by atoms with E-state index in [0.717, 1.165) is 22.0 Å². The Hall–Kier alpha value is -4.00. The number of nitrogens with zero attached hydrogens (tertiary/aromatic N) is 2. The maximum Gasteiger partial charge on any atom is 0.161 e. The number of aromatic nitrogens is 2. The monoisotopic (exact) mass is 389 g/mol. The van der Waals surface area contributed by atoms with Crippen LogP contribution in [-0.4, -0.2) is 34.4 Å². The Kier molecular flexibility index (Phi) is 4.78. The molecule has 0 saturated carbocycles. The smallest absolute Gasteiger partial charge is 0.161 e. The number of phenols is 2. The molecule has 0 aliphatic carbocycles. The summed E-state index contributed by atoms with van der Waals surface area (Å²) >= 11 is 0. The normalized spacial score (nSPS) is 10.7. The van der Waals surface area contributed by atoms with Crippen molar-refractivity contribution in [3.63, 3.8) is 0 Å². The van der Waals surface area contributed by atoms with Crippen molar-refractivity contribution < 1.29 is 19.7 Å². The van der Waals surface area contributed by atoms with Crippen molar-refractivity contribution in [2.45, 2.75) is 0 Å². The number of anilines is 2. The van der Waals surface area contributed by atoms with E-state index in [4.69, 9.17) is 9.47 Å². The molecule has 0 atom stereocenters. The van der Waals surface area contributed by atoms with Gasteiger partial charge in [0.15, 0.2) is 23.0 Å². The van der Waals surface area contributed by atoms with Gasteiger partial charge in [-0.15, -0.1) is 0 Å². The summed E-state index contributed by atoms with van der Waals surface area (Å²) in [6.07, 6.45) is 1.48. The maximum absolute atomic E-state index is 10.0. The molecule has 7 heteroatoms. The summed E-state index contributed by atoms with van der Waals surface area (Å²) in [7, 11) is 3.01. The predicted molar refractivity (Wildman–Crippen MR) is 111 cm³/mol. The minimum atomic E-state index is 0.0349. The van der Waals surface area contributed by atoms with Crippen molar-refractivity contribution >= 4 is 22.4 Å². The molecular formula is C22H19N3O4. The summed E-state index contributed by atoms with van der Waals surface area (Å²) in [5, 5.41) is 23.9. The molecule has 1 heterocycles. The molecule has 0 aliphatic heterocycles. The van der Waals surface area contributed by atoms with Crippen molar-refractivity contribution in [3.05, 3.63) is 60.9 Å². The topological polar surface area (TPSA) is 96.7 Å². The van der Waals surface area contributed by atoms with Gasteiger partial charge >= 0.3 is 0 Å². The Morgan fingerprint density at radius 1 is 0.759 bits per heavy atom. The second-order valence-corrected chi connectivity index (χ2v) is 6.35. The highest BCUT2D eigenvalue weighted by Gasteiger charge is 2.10. The molecule has 0 amide bonds. The summed E-state index contributed by atoms with van der Waals surface area (Å²) < 4.78 is 10.3. The van der Waals surface area contributed by atoms with Gasteiger partial charge in [0.2, 0.25) is 0 Å². The number of aromatic hydroxyl groups is 2. The maximum atomic E-state index is 10.0. The van der Waals surface area contributed by atoms with Crippen molar-refractivity contribution in [1.82, 2.24) is 9.97 Å². The van der Waals surface area contributed by atoms with Crippen LogP contribution in [0.5, 0.6) is 23.0 Å². The highest BCUT2D eigenvalue weighted by Crippen LogP contribution is 2.35. The molecule has 0 radical (unpaired) electrons. The number of nitrogens with one attached hydrogen (secondary N) is 1. The zero-order valence-corrected chi connectivity index (χ0v) is 15.9. The molecule has 0 aliphatic rings. The molecular weight excluding hydrogens is 370 g/mol. The lowest BCUT2D eigenvalue weighted by atomic mass is 10.0. The fourth-order valence-electron chi connectivity index (χ4n) is 3.10. The van der Waals surface area contributed by atoms with Crippen molar-refractivity contribution in [2.75, 3.05) is 19.5 Å². The standard InChI is InChI=1S/C22H19N3O4/c1-28-20-8-5-15(11-19(20)27)25-22-16-9-13(3-6-17(16)23-12-24-22)14-4-7-18(26)21(10-14)29-2/h3-12,26-27H,1-2H3,(H,23,24,25). The molecule has 0 fully saturated rings. The Morgan fingerprint density at radius 3 is 2.28 bits per heavy atom. The Balaban J connectivity index is 1.76. The molecule has 1 aromatic heterocycles. The third-order valence-corrected chi connectivity index (χ3v) is 4.59. The van der Waals surface area contributed by atoms with Gasteiger partial charge < -0.3 is 25.0 Å². The molecule has 4 rings (SSSR count). The summed E-state index contributed by atoms with van der Waals surface area (Å²) in [5.41, 5.74) is 3.25. The van der Waals surface area contributed by atoms with Gasteiger partial charge in [0, 0.05) is 17.1 Å². The predicted octanol–water partition coefficient (Wildman–Crippen LogP) is 4.47. The number of rotatable bonds is 5. The van der Waals surface area contributed by atoms with Gasteiger partial charge in [-0.3, -0.25) is 0 Å². The van der Waals surface area contributed by atoms with E-state index in [9.17, 15) is 10.2 Å². The van der Waals surface area contributed by atoms with E-state index in [2.05, 4.69) is 15.3 Å². The van der Waals surface area contributed by atoms with Crippen molar-refractivity contribution in [3.8, 4) is 34.1 Å². The average molecular weight is 389 g/mol. The molecule has 7 nitrogen and oxygen atoms in total. The highest BCUT2D eigenvalue weighted by molar-refractivity contribution is 5.94. The molecule has 4 aromatic rings. The van der Waals surface area contributed by atoms with E-state index < -0.39 is 0 Å². The van der Waals surface area contributed by atoms with E-state index in [0.29, 0.717) is 23.0 Å². The van der Waals surface area contributed by atoms with E-state index in [1.54, 1.807) is 30.3 Å². The van der Waals surface area contributed by atoms with Gasteiger partial charge in [0.05, 0.1) is 19.7 Å². The van der Waals surface area contributed by atoms with Gasteiger partial charge in [0.1, 0.15) is 12.1 Å². The number of hydrogen-bond donors (Lipinski definition) is 3. The molecule has 0 spiro atoms. The van der Waals surface area contributed by atoms with E-state index in [1.165, 1.54) is 20.5 Å². The molecule has 0 unspecified atom stereocenters. The first-order chi connectivity index (χ1) is 14.1. The van der Waals surface area contributed by atoms with Gasteiger partial charge in [-0.05, 0) is 47.5 Å². The first-order valence-electron chi connectivity index (χ1n) is 8.85. The van der Waals surface area contributed by atoms with E-state index in [1.807, 2.05) is 24.3 Å². The number of ether oxygens (including phenoxy) is 2. The summed E-state index contributed by atoms with van der Waals surface area (Å²) in [6.45, 7) is 0. The fraction of sp³-hybridized carbons (Fsp3) is 0.0909. The molecule has 3 N–H and O–H groups in total. The van der Waals surface area contributed by atoms with Crippen LogP contribution in [0.4, 0.5) is 11.5 Å². The average Bonchev–Trinajstić information content (AvgIpc) is 2.74. The second kappa shape index (κ2) is 7.55. The molecule has 3 aromatic carbocycles. The minimum absolute atomic E-state index is 0.0349. The van der Waals surface area contributed by atoms with E-state index >= 15 is 0 Å². The zero-order valence-electron chi connectivity index (χ0n) is 15.9. The zero-order chi connectivity index (χ0) is 20.4. The fourth-order valence-corrected chi connectivity index (χ4v) is 3.10. The first-order valence-corrected chi connectivity index (χ1v) is 8.85. The largest absolute Gasteiger partial charge is 0.504 e. The lowest BCUT2D eigenvalue weighted by molar-refractivity contribution is 0.373. The van der Waals surface area contributed by atoms with Crippen LogP contribution >= 0.6 is 0 Å². The van der Waals surface area contributed by atoms with Crippen LogP contribution < -0.4 is 14.8 Å². The third kappa shape index (κ3) is 3.58. The Bertz CT molecular complexity index is 1190. The Labute approximate surface area is 167 Å². The molecule has 0 bridgehead atoms. The summed E-state index contributed by atoms with van der Waals surface area (Å²) in [6, 6.07) is 16.0. The number of fused-ring (bicyclic) bond motifs is 1. The number of phenolic OH excluding ortho intramolecular Hbond substituents is 2. The van der Waals surface area contributed by atoms with Crippen LogP contribution in [0, 0.1) is 0 Å². The third-order valence-electron chi connectivity index (χ3n) is 4.59. The highest BCUT2D eigenvalue weighted by atomic mass is 16.5. The summed E-state index contributed by atoms with van der Waals surface area (Å²) in [4.78, 5) is 8.68. The summed E-state index contributed by atoms with van der Waals surface area (Å²) in [5.74, 6) is 1.52. The molecule has 146 valence electrons. The van der Waals surface area contributed by atoms with Crippen molar-refractivity contribution in [1.29, 1.82) is 0 Å². The van der Waals surface area contributed by atoms with Crippen LogP contribution in [0.2, 0.25) is 0 Å². The van der Waals surface area contributed by atoms with Gasteiger partial charge in [-0.1, -0.05) is 12.1 Å². The van der Waals surface area contributed by atoms with Crippen molar-refractivity contribution in [2.24, 2.45) is 0 Å². The van der Waals surface area contributed by atoms with Crippen LogP contribution in [0.3, 0.4) is 0 Å². The van der Waals surface area contributed by atoms with Gasteiger partial charge in [0.25, 0.3) is 0 Å². The number of benzene rings is 3. The minimum Gasteiger partial charge on any atom is -0.504 e. The quantitative estimate of drug-likeness (QED) is 0.463. The number of hydrogen-bond acceptors (Lipinski definition) is 7. The molecule has 29 heavy (non-hydrogen) atoms. The van der Waals surface area contributed by atoms with Crippen LogP contribution in [0.15, 0.2) is 60.9 Å². The van der Waals surface area contributed by atoms with Gasteiger partial charge in [-0.25, -0.2) is 9.97 Å². The van der Waals surface area contributed by atoms with Gasteiger partial charge in [-0.2, -0.15) is 0 Å². The second-order valence-electron chi connectivity index (χ2n) is 6.35. The number of methoxy groups -OCH3 is 2. The first kappa shape index (κ1) is 18.4. The SMILES string of the molecule is COc1ccc(Nc2ncnc3ccc(-c4ccc(O)c(OC)c4)cc23)cc1O. The van der Waals surface area contributed by atoms with Crippen LogP contribution in [-0.2, 0) is 0 Å². The van der Waals surface area contributed by atoms with Crippen LogP contribution in [0.1, 0.15) is 0 Å². The lowest BCUT2D eigenvalue weighted by Crippen LogP contribution is -1.96. The molecule has 0 saturated heterocycles. The Morgan fingerprint density at radius 2 is 1.52 bits per heavy atom.